The molecule has 0 amide bonds. The van der Waals surface area contributed by atoms with Gasteiger partial charge in [-0.15, -0.1) is 0 Å². The van der Waals surface area contributed by atoms with Crippen molar-refractivity contribution in [3.63, 3.8) is 0 Å². The van der Waals surface area contributed by atoms with Gasteiger partial charge < -0.3 is 4.74 Å². The predicted molar refractivity (Wildman–Crippen MR) is 76.3 cm³/mol. The van der Waals surface area contributed by atoms with E-state index < -0.39 is 6.16 Å². The number of hydrogen-bond donors (Lipinski definition) is 0. The van der Waals surface area contributed by atoms with Crippen LogP contribution in [0.4, 0.5) is 4.79 Å². The first-order valence-corrected chi connectivity index (χ1v) is 6.21. The van der Waals surface area contributed by atoms with E-state index in [0.29, 0.717) is 5.56 Å². The molecule has 5 nitrogen and oxygen atoms in total. The van der Waals surface area contributed by atoms with Crippen molar-refractivity contribution in [3.8, 4) is 6.07 Å². The Bertz CT molecular complexity index is 661. The number of ether oxygens (including phenoxy) is 1. The van der Waals surface area contributed by atoms with E-state index in [1.807, 2.05) is 42.5 Å². The zero-order valence-electron chi connectivity index (χ0n) is 11.1. The van der Waals surface area contributed by atoms with Crippen molar-refractivity contribution in [2.45, 2.75) is 6.61 Å². The molecule has 0 fully saturated rings. The van der Waals surface area contributed by atoms with Gasteiger partial charge in [-0.25, -0.2) is 4.79 Å². The van der Waals surface area contributed by atoms with Gasteiger partial charge in [-0.2, -0.15) is 5.26 Å². The smallest absolute Gasteiger partial charge is 0.428 e. The Labute approximate surface area is 122 Å². The maximum absolute atomic E-state index is 11.4. The van der Waals surface area contributed by atoms with Crippen LogP contribution in [-0.2, 0) is 16.2 Å². The average molecular weight is 280 g/mol. The van der Waals surface area contributed by atoms with Gasteiger partial charge in [-0.1, -0.05) is 65.8 Å². The number of nitrogens with zero attached hydrogens (tertiary/aromatic N) is 2. The molecule has 5 heteroatoms. The van der Waals surface area contributed by atoms with Gasteiger partial charge in [-0.3, -0.25) is 4.84 Å². The number of benzene rings is 2. The normalized spacial score (nSPS) is 10.5. The highest BCUT2D eigenvalue weighted by molar-refractivity contribution is 6.11. The third-order valence-corrected chi connectivity index (χ3v) is 2.56. The Balaban J connectivity index is 1.90. The molecule has 21 heavy (non-hydrogen) atoms. The van der Waals surface area contributed by atoms with E-state index in [1.54, 1.807) is 24.3 Å². The number of carbonyl (C=O) groups excluding carboxylic acids is 1. The van der Waals surface area contributed by atoms with Crippen molar-refractivity contribution in [3.05, 3.63) is 71.8 Å². The van der Waals surface area contributed by atoms with Crippen molar-refractivity contribution < 1.29 is 14.4 Å². The highest BCUT2D eigenvalue weighted by Gasteiger charge is 2.07. The van der Waals surface area contributed by atoms with Gasteiger partial charge in [0.15, 0.2) is 5.71 Å². The van der Waals surface area contributed by atoms with Crippen LogP contribution in [0.1, 0.15) is 11.1 Å². The predicted octanol–water partition coefficient (Wildman–Crippen LogP) is 3.27. The third kappa shape index (κ3) is 4.48. The van der Waals surface area contributed by atoms with Crippen LogP contribution >= 0.6 is 0 Å². The van der Waals surface area contributed by atoms with E-state index in [-0.39, 0.29) is 12.3 Å². The highest BCUT2D eigenvalue weighted by Crippen LogP contribution is 2.04. The molecule has 0 aliphatic heterocycles. The maximum atomic E-state index is 11.4. The molecular weight excluding hydrogens is 268 g/mol. The summed E-state index contributed by atoms with van der Waals surface area (Å²) in [4.78, 5) is 16.0. The molecule has 2 aromatic rings. The molecule has 0 saturated carbocycles. The second kappa shape index (κ2) is 7.46. The summed E-state index contributed by atoms with van der Waals surface area (Å²) in [5.74, 6) is 0. The lowest BCUT2D eigenvalue weighted by molar-refractivity contribution is 0.0521. The van der Waals surface area contributed by atoms with Crippen molar-refractivity contribution in [2.75, 3.05) is 0 Å². The van der Waals surface area contributed by atoms with E-state index in [4.69, 9.17) is 10.00 Å². The molecule has 0 spiro atoms. The molecule has 0 N–H and O–H groups in total. The number of carbonyl (C=O) groups is 1. The van der Waals surface area contributed by atoms with E-state index >= 15 is 0 Å². The van der Waals surface area contributed by atoms with Gasteiger partial charge in [0.2, 0.25) is 0 Å². The van der Waals surface area contributed by atoms with Crippen molar-refractivity contribution in [1.29, 1.82) is 5.26 Å². The molecule has 0 saturated heterocycles. The first kappa shape index (κ1) is 14.3. The summed E-state index contributed by atoms with van der Waals surface area (Å²) in [5.41, 5.74) is 1.41. The standard InChI is InChI=1S/C16H12N2O3/c17-11-15(14-9-5-2-6-10-14)18-21-16(19)20-12-13-7-3-1-4-8-13/h1-10H,12H2/b18-15-. The van der Waals surface area contributed by atoms with Gasteiger partial charge in [0.25, 0.3) is 0 Å². The van der Waals surface area contributed by atoms with Crippen molar-refractivity contribution >= 4 is 11.9 Å². The Morgan fingerprint density at radius 1 is 1.05 bits per heavy atom. The highest BCUT2D eigenvalue weighted by atomic mass is 16.8. The molecule has 0 aliphatic rings. The van der Waals surface area contributed by atoms with E-state index in [1.165, 1.54) is 0 Å². The topological polar surface area (TPSA) is 71.7 Å². The van der Waals surface area contributed by atoms with E-state index in [2.05, 4.69) is 9.99 Å². The fourth-order valence-electron chi connectivity index (χ4n) is 1.56. The van der Waals surface area contributed by atoms with Crippen molar-refractivity contribution in [2.24, 2.45) is 5.16 Å². The minimum absolute atomic E-state index is 0.00672. The molecule has 0 atom stereocenters. The number of nitriles is 1. The summed E-state index contributed by atoms with van der Waals surface area (Å²) < 4.78 is 4.88. The lowest BCUT2D eigenvalue weighted by Crippen LogP contribution is -2.06. The largest absolute Gasteiger partial charge is 0.535 e. The van der Waals surface area contributed by atoms with Crippen LogP contribution in [0.25, 0.3) is 0 Å². The molecule has 0 aromatic heterocycles. The molecular formula is C16H12N2O3. The summed E-state index contributed by atoms with van der Waals surface area (Å²) in [5, 5.41) is 12.5. The molecule has 2 rings (SSSR count). The monoisotopic (exact) mass is 280 g/mol. The molecule has 2 aromatic carbocycles. The maximum Gasteiger partial charge on any atom is 0.535 e. The van der Waals surface area contributed by atoms with E-state index in [0.717, 1.165) is 5.56 Å². The van der Waals surface area contributed by atoms with Crippen LogP contribution in [0.15, 0.2) is 65.8 Å². The van der Waals surface area contributed by atoms with Crippen LogP contribution in [0.2, 0.25) is 0 Å². The summed E-state index contributed by atoms with van der Waals surface area (Å²) in [6.07, 6.45) is -0.956. The van der Waals surface area contributed by atoms with Crippen molar-refractivity contribution in [1.82, 2.24) is 0 Å². The zero-order valence-corrected chi connectivity index (χ0v) is 11.1. The molecule has 0 heterocycles. The molecule has 104 valence electrons. The summed E-state index contributed by atoms with van der Waals surface area (Å²) >= 11 is 0. The number of hydrogen-bond acceptors (Lipinski definition) is 5. The van der Waals surface area contributed by atoms with Crippen LogP contribution in [0.3, 0.4) is 0 Å². The Morgan fingerprint density at radius 3 is 2.29 bits per heavy atom. The summed E-state index contributed by atoms with van der Waals surface area (Å²) in [7, 11) is 0. The molecule has 0 aliphatic carbocycles. The summed E-state index contributed by atoms with van der Waals surface area (Å²) in [6.45, 7) is 0.0857. The first-order valence-electron chi connectivity index (χ1n) is 6.21. The third-order valence-electron chi connectivity index (χ3n) is 2.56. The van der Waals surface area contributed by atoms with E-state index in [9.17, 15) is 4.79 Å². The second-order valence-electron chi connectivity index (χ2n) is 4.03. The summed E-state index contributed by atoms with van der Waals surface area (Å²) in [6, 6.07) is 19.8. The first-order chi connectivity index (χ1) is 10.3. The Hall–Kier alpha value is -3.13. The molecule has 0 bridgehead atoms. The molecule has 0 unspecified atom stereocenters. The SMILES string of the molecule is N#C/C(=N/OC(=O)OCc1ccccc1)c1ccccc1. The van der Waals surface area contributed by atoms with Crippen LogP contribution < -0.4 is 0 Å². The van der Waals surface area contributed by atoms with Crippen LogP contribution in [-0.4, -0.2) is 11.9 Å². The Morgan fingerprint density at radius 2 is 1.67 bits per heavy atom. The van der Waals surface area contributed by atoms with Gasteiger partial charge in [0.1, 0.15) is 12.7 Å². The lowest BCUT2D eigenvalue weighted by Gasteiger charge is -2.02. The Kier molecular flexibility index (Phi) is 5.07. The van der Waals surface area contributed by atoms with Gasteiger partial charge in [-0.05, 0) is 5.56 Å². The lowest BCUT2D eigenvalue weighted by atomic mass is 10.1. The number of rotatable bonds is 4. The average Bonchev–Trinajstić information content (AvgIpc) is 2.55. The van der Waals surface area contributed by atoms with Gasteiger partial charge >= 0.3 is 6.16 Å². The van der Waals surface area contributed by atoms with Crippen LogP contribution in [0, 0.1) is 11.3 Å². The number of oxime groups is 1. The van der Waals surface area contributed by atoms with Crippen LogP contribution in [0.5, 0.6) is 0 Å². The molecule has 0 radical (unpaired) electrons. The fourth-order valence-corrected chi connectivity index (χ4v) is 1.56. The quantitative estimate of drug-likeness (QED) is 0.373. The minimum atomic E-state index is -0.956. The second-order valence-corrected chi connectivity index (χ2v) is 4.03. The zero-order chi connectivity index (χ0) is 14.9. The fraction of sp³-hybridized carbons (Fsp3) is 0.0625. The van der Waals surface area contributed by atoms with Gasteiger partial charge in [0, 0.05) is 5.56 Å². The van der Waals surface area contributed by atoms with Gasteiger partial charge in [0.05, 0.1) is 0 Å². The minimum Gasteiger partial charge on any atom is -0.428 e.